The second-order valence-electron chi connectivity index (χ2n) is 6.50. The SMILES string of the molecule is Cc1ccc2cccc(Nc3ncnc(NNC(=O)c4ccccc4F)c3N)c2n1. The van der Waals surface area contributed by atoms with Gasteiger partial charge in [-0.05, 0) is 31.2 Å². The van der Waals surface area contributed by atoms with Crippen LogP contribution >= 0.6 is 0 Å². The zero-order valence-electron chi connectivity index (χ0n) is 16.0. The summed E-state index contributed by atoms with van der Waals surface area (Å²) in [7, 11) is 0. The van der Waals surface area contributed by atoms with Gasteiger partial charge in [-0.25, -0.2) is 14.4 Å². The smallest absolute Gasteiger partial charge is 0.272 e. The van der Waals surface area contributed by atoms with Gasteiger partial charge in [0.05, 0.1) is 16.8 Å². The first-order valence-corrected chi connectivity index (χ1v) is 9.07. The van der Waals surface area contributed by atoms with Gasteiger partial charge in [-0.15, -0.1) is 0 Å². The molecule has 2 aromatic carbocycles. The van der Waals surface area contributed by atoms with E-state index in [1.165, 1.54) is 24.5 Å². The van der Waals surface area contributed by atoms with Crippen molar-refractivity contribution >= 4 is 39.8 Å². The number of nitrogens with two attached hydrogens (primary N) is 1. The van der Waals surface area contributed by atoms with E-state index in [1.807, 2.05) is 37.3 Å². The van der Waals surface area contributed by atoms with Gasteiger partial charge in [0.1, 0.15) is 17.8 Å². The number of aryl methyl sites for hydroxylation is 1. The van der Waals surface area contributed by atoms with E-state index >= 15 is 0 Å². The number of carbonyl (C=O) groups excluding carboxylic acids is 1. The van der Waals surface area contributed by atoms with Crippen molar-refractivity contribution in [3.05, 3.63) is 78.0 Å². The molecule has 1 amide bonds. The van der Waals surface area contributed by atoms with Crippen LogP contribution < -0.4 is 21.9 Å². The van der Waals surface area contributed by atoms with Crippen molar-refractivity contribution in [1.29, 1.82) is 0 Å². The van der Waals surface area contributed by atoms with Gasteiger partial charge in [-0.2, -0.15) is 0 Å². The molecule has 2 aromatic heterocycles. The van der Waals surface area contributed by atoms with Crippen molar-refractivity contribution in [2.24, 2.45) is 0 Å². The van der Waals surface area contributed by atoms with Crippen LogP contribution in [0.1, 0.15) is 16.1 Å². The maximum Gasteiger partial charge on any atom is 0.272 e. The number of nitrogen functional groups attached to an aromatic ring is 1. The molecule has 0 aliphatic heterocycles. The first-order chi connectivity index (χ1) is 14.5. The molecule has 30 heavy (non-hydrogen) atoms. The van der Waals surface area contributed by atoms with Gasteiger partial charge in [-0.3, -0.25) is 20.6 Å². The minimum absolute atomic E-state index is 0.104. The lowest BCUT2D eigenvalue weighted by Crippen LogP contribution is -2.31. The summed E-state index contributed by atoms with van der Waals surface area (Å²) in [5.74, 6) is -0.784. The van der Waals surface area contributed by atoms with Gasteiger partial charge in [0.15, 0.2) is 11.6 Å². The number of hydrazine groups is 1. The van der Waals surface area contributed by atoms with E-state index in [0.717, 1.165) is 22.3 Å². The fourth-order valence-electron chi connectivity index (χ4n) is 2.90. The van der Waals surface area contributed by atoms with Crippen molar-refractivity contribution in [3.63, 3.8) is 0 Å². The summed E-state index contributed by atoms with van der Waals surface area (Å²) >= 11 is 0. The molecule has 4 aromatic rings. The number of carbonyl (C=O) groups is 1. The predicted molar refractivity (Wildman–Crippen MR) is 114 cm³/mol. The van der Waals surface area contributed by atoms with E-state index in [1.54, 1.807) is 6.07 Å². The Kier molecular flexibility index (Phi) is 5.08. The average Bonchev–Trinajstić information content (AvgIpc) is 2.75. The third-order valence-corrected chi connectivity index (χ3v) is 4.41. The summed E-state index contributed by atoms with van der Waals surface area (Å²) in [6, 6.07) is 15.3. The monoisotopic (exact) mass is 403 g/mol. The molecular formula is C21H18FN7O. The Morgan fingerprint density at radius 1 is 1.00 bits per heavy atom. The number of hydrogen-bond donors (Lipinski definition) is 4. The molecule has 0 unspecified atom stereocenters. The number of benzene rings is 2. The summed E-state index contributed by atoms with van der Waals surface area (Å²) in [6.45, 7) is 1.91. The zero-order chi connectivity index (χ0) is 21.1. The zero-order valence-corrected chi connectivity index (χ0v) is 16.0. The predicted octanol–water partition coefficient (Wildman–Crippen LogP) is 3.56. The molecule has 0 bridgehead atoms. The number of hydrogen-bond acceptors (Lipinski definition) is 7. The number of anilines is 4. The number of halogens is 1. The van der Waals surface area contributed by atoms with Crippen LogP contribution in [-0.2, 0) is 0 Å². The van der Waals surface area contributed by atoms with E-state index in [-0.39, 0.29) is 17.1 Å². The Morgan fingerprint density at radius 3 is 2.63 bits per heavy atom. The molecule has 0 fully saturated rings. The van der Waals surface area contributed by atoms with Crippen molar-refractivity contribution in [2.75, 3.05) is 16.5 Å². The van der Waals surface area contributed by atoms with Gasteiger partial charge in [0, 0.05) is 11.1 Å². The molecule has 0 saturated heterocycles. The van der Waals surface area contributed by atoms with Crippen molar-refractivity contribution < 1.29 is 9.18 Å². The standard InChI is InChI=1S/C21H18FN7O/c1-12-9-10-13-5-4-8-16(18(13)26-12)27-19-17(23)20(25-11-24-19)28-29-21(30)14-6-2-3-7-15(14)22/h2-11H,23H2,1H3,(H,29,30)(H2,24,25,27,28). The van der Waals surface area contributed by atoms with Gasteiger partial charge in [-0.1, -0.05) is 30.3 Å². The molecule has 0 aliphatic carbocycles. The third-order valence-electron chi connectivity index (χ3n) is 4.41. The highest BCUT2D eigenvalue weighted by Gasteiger charge is 2.14. The molecule has 0 atom stereocenters. The Hall–Kier alpha value is -4.27. The maximum atomic E-state index is 13.8. The van der Waals surface area contributed by atoms with Crippen molar-refractivity contribution in [2.45, 2.75) is 6.92 Å². The van der Waals surface area contributed by atoms with E-state index in [9.17, 15) is 9.18 Å². The molecule has 2 heterocycles. The highest BCUT2D eigenvalue weighted by molar-refractivity contribution is 5.96. The molecule has 5 N–H and O–H groups in total. The number of aromatic nitrogens is 3. The summed E-state index contributed by atoms with van der Waals surface area (Å²) in [6.07, 6.45) is 1.29. The van der Waals surface area contributed by atoms with Gasteiger partial charge >= 0.3 is 0 Å². The summed E-state index contributed by atoms with van der Waals surface area (Å²) in [5, 5.41) is 4.13. The quantitative estimate of drug-likeness (QED) is 0.376. The number of nitrogens with zero attached hydrogens (tertiary/aromatic N) is 3. The van der Waals surface area contributed by atoms with Crippen molar-refractivity contribution in [1.82, 2.24) is 20.4 Å². The molecule has 150 valence electrons. The van der Waals surface area contributed by atoms with E-state index < -0.39 is 11.7 Å². The van der Waals surface area contributed by atoms with Gasteiger partial charge in [0.25, 0.3) is 5.91 Å². The molecule has 0 radical (unpaired) electrons. The highest BCUT2D eigenvalue weighted by Crippen LogP contribution is 2.29. The molecule has 8 nitrogen and oxygen atoms in total. The number of para-hydroxylation sites is 1. The number of amides is 1. The molecule has 0 spiro atoms. The second-order valence-corrected chi connectivity index (χ2v) is 6.50. The maximum absolute atomic E-state index is 13.8. The summed E-state index contributed by atoms with van der Waals surface area (Å²) < 4.78 is 13.8. The van der Waals surface area contributed by atoms with Gasteiger partial charge in [0.2, 0.25) is 0 Å². The van der Waals surface area contributed by atoms with Crippen LogP contribution in [0.25, 0.3) is 10.9 Å². The van der Waals surface area contributed by atoms with Gasteiger partial charge < -0.3 is 11.1 Å². The van der Waals surface area contributed by atoms with Crippen LogP contribution in [0.15, 0.2) is 60.9 Å². The first-order valence-electron chi connectivity index (χ1n) is 9.07. The summed E-state index contributed by atoms with van der Waals surface area (Å²) in [5.41, 5.74) is 13.6. The highest BCUT2D eigenvalue weighted by atomic mass is 19.1. The molecule has 9 heteroatoms. The average molecular weight is 403 g/mol. The minimum atomic E-state index is -0.658. The lowest BCUT2D eigenvalue weighted by Gasteiger charge is -2.14. The van der Waals surface area contributed by atoms with E-state index in [0.29, 0.717) is 5.82 Å². The van der Waals surface area contributed by atoms with Crippen molar-refractivity contribution in [3.8, 4) is 0 Å². The Bertz CT molecular complexity index is 1250. The van der Waals surface area contributed by atoms with Crippen LogP contribution in [-0.4, -0.2) is 20.9 Å². The topological polar surface area (TPSA) is 118 Å². The molecule has 0 aliphatic rings. The first kappa shape index (κ1) is 19.1. The third kappa shape index (κ3) is 3.81. The number of rotatable bonds is 5. The fourth-order valence-corrected chi connectivity index (χ4v) is 2.90. The van der Waals surface area contributed by atoms with E-state index in [4.69, 9.17) is 5.73 Å². The lowest BCUT2D eigenvalue weighted by molar-refractivity contribution is 0.0958. The molecule has 0 saturated carbocycles. The fraction of sp³-hybridized carbons (Fsp3) is 0.0476. The minimum Gasteiger partial charge on any atom is -0.393 e. The number of pyridine rings is 1. The second kappa shape index (κ2) is 8.00. The Morgan fingerprint density at radius 2 is 1.80 bits per heavy atom. The van der Waals surface area contributed by atoms with E-state index in [2.05, 4.69) is 31.1 Å². The van der Waals surface area contributed by atoms with Crippen LogP contribution in [0.4, 0.5) is 27.4 Å². The van der Waals surface area contributed by atoms with Crippen LogP contribution in [0.2, 0.25) is 0 Å². The normalized spacial score (nSPS) is 10.6. The van der Waals surface area contributed by atoms with Crippen LogP contribution in [0.3, 0.4) is 0 Å². The summed E-state index contributed by atoms with van der Waals surface area (Å²) in [4.78, 5) is 25.0. The molecule has 4 rings (SSSR count). The van der Waals surface area contributed by atoms with Crippen LogP contribution in [0.5, 0.6) is 0 Å². The van der Waals surface area contributed by atoms with Crippen LogP contribution in [0, 0.1) is 12.7 Å². The lowest BCUT2D eigenvalue weighted by atomic mass is 10.1. The largest absolute Gasteiger partial charge is 0.393 e. The number of nitrogens with one attached hydrogen (secondary N) is 3. The Labute approximate surface area is 171 Å². The Balaban J connectivity index is 1.56. The molecular weight excluding hydrogens is 385 g/mol. The number of fused-ring (bicyclic) bond motifs is 1.